The Morgan fingerprint density at radius 2 is 1.50 bits per heavy atom. The molecule has 0 bridgehead atoms. The molecule has 0 saturated carbocycles. The molecule has 0 spiro atoms. The molecule has 3 aromatic carbocycles. The summed E-state index contributed by atoms with van der Waals surface area (Å²) in [6.07, 6.45) is 8.92. The number of nitrogens with zero attached hydrogens (tertiary/aromatic N) is 3. The molecule has 0 radical (unpaired) electrons. The molecule has 1 aliphatic rings. The van der Waals surface area contributed by atoms with Gasteiger partial charge in [-0.2, -0.15) is 5.26 Å². The minimum absolute atomic E-state index is 0. The first-order valence-electron chi connectivity index (χ1n) is 12.6. The van der Waals surface area contributed by atoms with E-state index in [1.165, 1.54) is 29.5 Å². The van der Waals surface area contributed by atoms with E-state index in [1.807, 2.05) is 24.3 Å². The number of benzene rings is 3. The van der Waals surface area contributed by atoms with Crippen molar-refractivity contribution in [2.24, 2.45) is 0 Å². The van der Waals surface area contributed by atoms with Gasteiger partial charge in [-0.05, 0) is 53.6 Å². The highest BCUT2D eigenvalue weighted by Crippen LogP contribution is 2.24. The van der Waals surface area contributed by atoms with Gasteiger partial charge in [0.15, 0.2) is 0 Å². The summed E-state index contributed by atoms with van der Waals surface area (Å²) in [5.41, 5.74) is 5.71. The van der Waals surface area contributed by atoms with E-state index in [0.29, 0.717) is 12.2 Å². The first-order chi connectivity index (χ1) is 17.2. The average Bonchev–Trinajstić information content (AvgIpc) is 3.37. The molecule has 0 saturated heterocycles. The van der Waals surface area contributed by atoms with E-state index in [9.17, 15) is 0 Å². The molecule has 5 heteroatoms. The van der Waals surface area contributed by atoms with Gasteiger partial charge in [0.2, 0.25) is 0 Å². The monoisotopic (exact) mass is 501 g/mol. The zero-order valence-corrected chi connectivity index (χ0v) is 21.9. The van der Waals surface area contributed by atoms with Crippen molar-refractivity contribution in [3.8, 4) is 6.07 Å². The first-order valence-corrected chi connectivity index (χ1v) is 12.6. The normalized spacial score (nSPS) is 13.3. The highest BCUT2D eigenvalue weighted by Gasteiger charge is 2.20. The second kappa shape index (κ2) is 14.3. The number of unbranched alkanes of at least 4 members (excludes halogenated alkanes) is 1. The molecular formula is C31H36ClN3O. The lowest BCUT2D eigenvalue weighted by molar-refractivity contribution is 0.0196. The van der Waals surface area contributed by atoms with Gasteiger partial charge in [-0.15, -0.1) is 12.4 Å². The lowest BCUT2D eigenvalue weighted by Crippen LogP contribution is -2.30. The summed E-state index contributed by atoms with van der Waals surface area (Å²) in [7, 11) is 0. The van der Waals surface area contributed by atoms with Gasteiger partial charge in [0.1, 0.15) is 6.10 Å². The van der Waals surface area contributed by atoms with Crippen molar-refractivity contribution >= 4 is 12.4 Å². The Bertz CT molecular complexity index is 1110. The minimum Gasteiger partial charge on any atom is -0.367 e. The Hall–Kier alpha value is -3.26. The fraction of sp³-hybridized carbons (Fsp3) is 0.323. The second-order valence-electron chi connectivity index (χ2n) is 9.21. The van der Waals surface area contributed by atoms with Crippen molar-refractivity contribution in [1.82, 2.24) is 9.80 Å². The summed E-state index contributed by atoms with van der Waals surface area (Å²) >= 11 is 0. The van der Waals surface area contributed by atoms with Crippen molar-refractivity contribution in [2.75, 3.05) is 19.8 Å². The van der Waals surface area contributed by atoms with Crippen LogP contribution in [0.3, 0.4) is 0 Å². The third kappa shape index (κ3) is 8.16. The van der Waals surface area contributed by atoms with Gasteiger partial charge in [0.05, 0.1) is 24.9 Å². The van der Waals surface area contributed by atoms with Gasteiger partial charge in [-0.25, -0.2) is 0 Å². The Morgan fingerprint density at radius 3 is 2.19 bits per heavy atom. The van der Waals surface area contributed by atoms with Crippen molar-refractivity contribution < 1.29 is 4.74 Å². The third-order valence-electron chi connectivity index (χ3n) is 6.49. The molecule has 1 atom stereocenters. The predicted octanol–water partition coefficient (Wildman–Crippen LogP) is 6.87. The fourth-order valence-corrected chi connectivity index (χ4v) is 4.32. The number of hydrogen-bond acceptors (Lipinski definition) is 4. The molecule has 4 rings (SSSR count). The number of halogens is 1. The van der Waals surface area contributed by atoms with E-state index in [-0.39, 0.29) is 18.5 Å². The highest BCUT2D eigenvalue weighted by molar-refractivity contribution is 5.85. The minimum atomic E-state index is -0.0374. The maximum atomic E-state index is 9.06. The molecule has 0 aromatic heterocycles. The molecule has 188 valence electrons. The molecule has 0 aliphatic carbocycles. The van der Waals surface area contributed by atoms with Gasteiger partial charge in [0, 0.05) is 25.5 Å². The third-order valence-corrected chi connectivity index (χ3v) is 6.49. The lowest BCUT2D eigenvalue weighted by Gasteiger charge is -2.27. The molecule has 1 unspecified atom stereocenters. The number of nitriles is 1. The van der Waals surface area contributed by atoms with Gasteiger partial charge in [-0.3, -0.25) is 0 Å². The van der Waals surface area contributed by atoms with Gasteiger partial charge in [0.25, 0.3) is 0 Å². The van der Waals surface area contributed by atoms with E-state index in [4.69, 9.17) is 10.00 Å². The first kappa shape index (κ1) is 27.3. The van der Waals surface area contributed by atoms with E-state index < -0.39 is 0 Å². The van der Waals surface area contributed by atoms with Crippen LogP contribution in [0.1, 0.15) is 53.7 Å². The van der Waals surface area contributed by atoms with E-state index in [0.717, 1.165) is 38.2 Å². The van der Waals surface area contributed by atoms with Crippen molar-refractivity contribution in [3.63, 3.8) is 0 Å². The Kier molecular flexibility index (Phi) is 10.9. The Balaban J connectivity index is 0.00000361. The molecule has 0 N–H and O–H groups in total. The standard InChI is InChI=1S/C31H35N3O.ClH/c1-2-3-7-27-14-16-30(17-15-27)31(35-24-29-12-10-28(22-32)11-13-29)23-34-21-20-33(25-34)19-18-26-8-5-4-6-9-26;/h4-6,8-17,20-21,31H,2-3,7,18-19,23-25H2,1H3;1H. The van der Waals surface area contributed by atoms with Gasteiger partial charge in [-0.1, -0.05) is 80.1 Å². The van der Waals surface area contributed by atoms with Gasteiger partial charge < -0.3 is 14.5 Å². The highest BCUT2D eigenvalue weighted by atomic mass is 35.5. The van der Waals surface area contributed by atoms with E-state index in [2.05, 4.69) is 89.8 Å². The lowest BCUT2D eigenvalue weighted by atomic mass is 10.0. The number of ether oxygens (including phenoxy) is 1. The summed E-state index contributed by atoms with van der Waals surface area (Å²) in [5.74, 6) is 0. The summed E-state index contributed by atoms with van der Waals surface area (Å²) in [6, 6.07) is 29.4. The van der Waals surface area contributed by atoms with Crippen molar-refractivity contribution in [1.29, 1.82) is 5.26 Å². The topological polar surface area (TPSA) is 39.5 Å². The average molecular weight is 502 g/mol. The quantitative estimate of drug-likeness (QED) is 0.271. The molecule has 3 aromatic rings. The molecule has 0 fully saturated rings. The maximum absolute atomic E-state index is 9.06. The van der Waals surface area contributed by atoms with Crippen LogP contribution in [0.15, 0.2) is 91.3 Å². The van der Waals surface area contributed by atoms with Crippen LogP contribution in [0.2, 0.25) is 0 Å². The van der Waals surface area contributed by atoms with Crippen LogP contribution in [0.25, 0.3) is 0 Å². The molecular weight excluding hydrogens is 466 g/mol. The van der Waals surface area contributed by atoms with Crippen molar-refractivity contribution in [3.05, 3.63) is 119 Å². The molecule has 1 heterocycles. The van der Waals surface area contributed by atoms with E-state index in [1.54, 1.807) is 0 Å². The van der Waals surface area contributed by atoms with Crippen LogP contribution in [-0.2, 0) is 24.2 Å². The fourth-order valence-electron chi connectivity index (χ4n) is 4.32. The Morgan fingerprint density at radius 1 is 0.833 bits per heavy atom. The summed E-state index contributed by atoms with van der Waals surface area (Å²) < 4.78 is 6.46. The van der Waals surface area contributed by atoms with Crippen molar-refractivity contribution in [2.45, 2.75) is 45.3 Å². The molecule has 36 heavy (non-hydrogen) atoms. The molecule has 1 aliphatic heterocycles. The number of hydrogen-bond donors (Lipinski definition) is 0. The molecule has 0 amide bonds. The zero-order valence-electron chi connectivity index (χ0n) is 21.1. The predicted molar refractivity (Wildman–Crippen MR) is 149 cm³/mol. The van der Waals surface area contributed by atoms with Crippen LogP contribution < -0.4 is 0 Å². The Labute approximate surface area is 222 Å². The number of rotatable bonds is 12. The van der Waals surface area contributed by atoms with Crippen LogP contribution in [-0.4, -0.2) is 29.6 Å². The van der Waals surface area contributed by atoms with Crippen LogP contribution in [0.5, 0.6) is 0 Å². The second-order valence-corrected chi connectivity index (χ2v) is 9.21. The number of aryl methyl sites for hydroxylation is 1. The van der Waals surface area contributed by atoms with Gasteiger partial charge >= 0.3 is 0 Å². The zero-order chi connectivity index (χ0) is 24.3. The summed E-state index contributed by atoms with van der Waals surface area (Å²) in [4.78, 5) is 4.69. The van der Waals surface area contributed by atoms with E-state index >= 15 is 0 Å². The SMILES string of the molecule is CCCCc1ccc(C(CN2C=CN(CCc3ccccc3)C2)OCc2ccc(C#N)cc2)cc1.Cl. The van der Waals surface area contributed by atoms with Crippen LogP contribution in [0, 0.1) is 11.3 Å². The summed E-state index contributed by atoms with van der Waals surface area (Å²) in [6.45, 7) is 5.41. The maximum Gasteiger partial charge on any atom is 0.100 e. The summed E-state index contributed by atoms with van der Waals surface area (Å²) in [5, 5.41) is 9.06. The van der Waals surface area contributed by atoms with Crippen LogP contribution in [0.4, 0.5) is 0 Å². The smallest absolute Gasteiger partial charge is 0.100 e. The largest absolute Gasteiger partial charge is 0.367 e. The van der Waals surface area contributed by atoms with Crippen LogP contribution >= 0.6 is 12.4 Å². The molecule has 4 nitrogen and oxygen atoms in total.